The third-order valence-corrected chi connectivity index (χ3v) is 3.46. The van der Waals surface area contributed by atoms with E-state index < -0.39 is 6.10 Å². The maximum absolute atomic E-state index is 12.6. The number of nitriles is 1. The molecule has 116 valence electrons. The molecule has 0 saturated carbocycles. The van der Waals surface area contributed by atoms with Crippen molar-refractivity contribution >= 4 is 11.8 Å². The molecule has 2 rings (SSSR count). The van der Waals surface area contributed by atoms with Gasteiger partial charge in [0.15, 0.2) is 6.10 Å². The highest BCUT2D eigenvalue weighted by molar-refractivity contribution is 5.88. The molecule has 1 aliphatic heterocycles. The Hall–Kier alpha value is -2.55. The lowest BCUT2D eigenvalue weighted by molar-refractivity contribution is -0.145. The minimum absolute atomic E-state index is 0.0469. The number of piperazine rings is 1. The lowest BCUT2D eigenvalue weighted by Crippen LogP contribution is -2.54. The first-order valence-corrected chi connectivity index (χ1v) is 7.24. The second-order valence-electron chi connectivity index (χ2n) is 5.50. The molecule has 0 bridgehead atoms. The maximum Gasteiger partial charge on any atom is 0.264 e. The van der Waals surface area contributed by atoms with Gasteiger partial charge in [-0.15, -0.1) is 0 Å². The summed E-state index contributed by atoms with van der Waals surface area (Å²) in [4.78, 5) is 25.6. The Morgan fingerprint density at radius 1 is 1.41 bits per heavy atom. The second kappa shape index (κ2) is 6.94. The maximum atomic E-state index is 12.6. The minimum Gasteiger partial charge on any atom is -0.479 e. The van der Waals surface area contributed by atoms with Gasteiger partial charge < -0.3 is 15.0 Å². The number of benzene rings is 1. The van der Waals surface area contributed by atoms with E-state index in [2.05, 4.69) is 11.4 Å². The number of amides is 2. The summed E-state index contributed by atoms with van der Waals surface area (Å²) in [7, 11) is 0. The third kappa shape index (κ3) is 3.55. The van der Waals surface area contributed by atoms with E-state index in [0.29, 0.717) is 24.4 Å². The first-order valence-electron chi connectivity index (χ1n) is 7.24. The van der Waals surface area contributed by atoms with Crippen molar-refractivity contribution in [3.8, 4) is 11.8 Å². The molecule has 1 N–H and O–H groups in total. The van der Waals surface area contributed by atoms with Gasteiger partial charge in [-0.25, -0.2) is 0 Å². The fraction of sp³-hybridized carbons (Fsp3) is 0.438. The van der Waals surface area contributed by atoms with Crippen LogP contribution in [0.4, 0.5) is 0 Å². The number of nitrogens with zero attached hydrogens (tertiary/aromatic N) is 2. The molecule has 1 fully saturated rings. The zero-order valence-electron chi connectivity index (χ0n) is 12.7. The molecule has 0 aromatic heterocycles. The number of hydrogen-bond acceptors (Lipinski definition) is 4. The van der Waals surface area contributed by atoms with Crippen molar-refractivity contribution in [1.29, 1.82) is 5.26 Å². The monoisotopic (exact) mass is 301 g/mol. The molecule has 6 nitrogen and oxygen atoms in total. The molecule has 1 aromatic carbocycles. The largest absolute Gasteiger partial charge is 0.479 e. The van der Waals surface area contributed by atoms with E-state index in [-0.39, 0.29) is 24.3 Å². The van der Waals surface area contributed by atoms with E-state index in [1.54, 1.807) is 24.3 Å². The van der Waals surface area contributed by atoms with E-state index in [0.717, 1.165) is 0 Å². The van der Waals surface area contributed by atoms with E-state index in [4.69, 9.17) is 10.00 Å². The molecular formula is C16H19N3O3. The average molecular weight is 301 g/mol. The number of carbonyl (C=O) groups is 2. The summed E-state index contributed by atoms with van der Waals surface area (Å²) in [6, 6.07) is 8.87. The summed E-state index contributed by atoms with van der Waals surface area (Å²) in [5, 5.41) is 11.8. The lowest BCUT2D eigenvalue weighted by atomic mass is 10.0. The van der Waals surface area contributed by atoms with Crippen LogP contribution in [0.5, 0.6) is 5.75 Å². The van der Waals surface area contributed by atoms with Gasteiger partial charge in [-0.3, -0.25) is 9.59 Å². The van der Waals surface area contributed by atoms with Crippen molar-refractivity contribution in [3.05, 3.63) is 29.8 Å². The molecule has 22 heavy (non-hydrogen) atoms. The van der Waals surface area contributed by atoms with Crippen LogP contribution in [0.2, 0.25) is 0 Å². The van der Waals surface area contributed by atoms with Crippen molar-refractivity contribution in [3.63, 3.8) is 0 Å². The highest BCUT2D eigenvalue weighted by Crippen LogP contribution is 2.22. The highest BCUT2D eigenvalue weighted by atomic mass is 16.5. The summed E-state index contributed by atoms with van der Waals surface area (Å²) in [6.45, 7) is 4.72. The topological polar surface area (TPSA) is 82.4 Å². The molecule has 6 heteroatoms. The van der Waals surface area contributed by atoms with Crippen molar-refractivity contribution in [1.82, 2.24) is 10.2 Å². The van der Waals surface area contributed by atoms with Crippen LogP contribution in [0.25, 0.3) is 0 Å². The number of para-hydroxylation sites is 1. The van der Waals surface area contributed by atoms with Gasteiger partial charge in [-0.1, -0.05) is 26.0 Å². The lowest BCUT2D eigenvalue weighted by Gasteiger charge is -2.31. The Bertz CT molecular complexity index is 607. The molecule has 0 aliphatic carbocycles. The quantitative estimate of drug-likeness (QED) is 0.896. The van der Waals surface area contributed by atoms with Crippen LogP contribution < -0.4 is 10.1 Å². The van der Waals surface area contributed by atoms with E-state index in [1.165, 1.54) is 4.90 Å². The van der Waals surface area contributed by atoms with Crippen molar-refractivity contribution in [2.24, 2.45) is 5.92 Å². The average Bonchev–Trinajstić information content (AvgIpc) is 2.52. The Kier molecular flexibility index (Phi) is 4.99. The van der Waals surface area contributed by atoms with Crippen LogP contribution >= 0.6 is 0 Å². The van der Waals surface area contributed by atoms with Crippen LogP contribution in [0.3, 0.4) is 0 Å². The summed E-state index contributed by atoms with van der Waals surface area (Å²) in [5.74, 6) is -0.0835. The normalized spacial score (nSPS) is 15.9. The van der Waals surface area contributed by atoms with E-state index in [1.807, 2.05) is 13.8 Å². The van der Waals surface area contributed by atoms with Crippen LogP contribution in [-0.4, -0.2) is 42.5 Å². The molecule has 0 radical (unpaired) electrons. The number of hydrogen-bond donors (Lipinski definition) is 1. The number of carbonyl (C=O) groups excluding carboxylic acids is 2. The van der Waals surface area contributed by atoms with Gasteiger partial charge in [0.2, 0.25) is 5.91 Å². The molecule has 1 aromatic rings. The van der Waals surface area contributed by atoms with Crippen LogP contribution in [0, 0.1) is 17.2 Å². The van der Waals surface area contributed by atoms with Crippen LogP contribution in [0.15, 0.2) is 24.3 Å². The van der Waals surface area contributed by atoms with E-state index >= 15 is 0 Å². The summed E-state index contributed by atoms with van der Waals surface area (Å²) in [6.07, 6.45) is -0.722. The number of nitrogens with one attached hydrogen (secondary N) is 1. The van der Waals surface area contributed by atoms with Gasteiger partial charge >= 0.3 is 0 Å². The fourth-order valence-electron chi connectivity index (χ4n) is 2.28. The summed E-state index contributed by atoms with van der Waals surface area (Å²) >= 11 is 0. The molecule has 1 atom stereocenters. The first kappa shape index (κ1) is 15.8. The Morgan fingerprint density at radius 3 is 2.77 bits per heavy atom. The van der Waals surface area contributed by atoms with Gasteiger partial charge in [0.25, 0.3) is 5.91 Å². The minimum atomic E-state index is -0.722. The van der Waals surface area contributed by atoms with Gasteiger partial charge in [0, 0.05) is 13.1 Å². The molecule has 1 aliphatic rings. The summed E-state index contributed by atoms with van der Waals surface area (Å²) < 4.78 is 5.80. The van der Waals surface area contributed by atoms with Crippen molar-refractivity contribution in [2.75, 3.05) is 19.6 Å². The van der Waals surface area contributed by atoms with Gasteiger partial charge in [-0.2, -0.15) is 5.26 Å². The van der Waals surface area contributed by atoms with Crippen LogP contribution in [0.1, 0.15) is 19.4 Å². The molecule has 0 unspecified atom stereocenters. The fourth-order valence-corrected chi connectivity index (χ4v) is 2.28. The third-order valence-electron chi connectivity index (χ3n) is 3.46. The van der Waals surface area contributed by atoms with Crippen molar-refractivity contribution < 1.29 is 14.3 Å². The molecule has 1 heterocycles. The van der Waals surface area contributed by atoms with Crippen molar-refractivity contribution in [2.45, 2.75) is 20.0 Å². The Labute approximate surface area is 129 Å². The second-order valence-corrected chi connectivity index (χ2v) is 5.50. The van der Waals surface area contributed by atoms with E-state index in [9.17, 15) is 9.59 Å². The van der Waals surface area contributed by atoms with Gasteiger partial charge in [0.1, 0.15) is 11.8 Å². The Balaban J connectivity index is 2.18. The highest BCUT2D eigenvalue weighted by Gasteiger charge is 2.32. The molecule has 2 amide bonds. The smallest absolute Gasteiger partial charge is 0.264 e. The molecule has 1 saturated heterocycles. The zero-order chi connectivity index (χ0) is 16.1. The molecule has 0 spiro atoms. The predicted octanol–water partition coefficient (Wildman–Crippen LogP) is 0.920. The predicted molar refractivity (Wildman–Crippen MR) is 80.0 cm³/mol. The molecular weight excluding hydrogens is 282 g/mol. The van der Waals surface area contributed by atoms with Gasteiger partial charge in [0.05, 0.1) is 12.1 Å². The zero-order valence-corrected chi connectivity index (χ0v) is 12.7. The number of rotatable bonds is 4. The number of ether oxygens (including phenoxy) is 1. The first-order chi connectivity index (χ1) is 10.5. The summed E-state index contributed by atoms with van der Waals surface area (Å²) in [5.41, 5.74) is 0.386. The Morgan fingerprint density at radius 2 is 2.14 bits per heavy atom. The van der Waals surface area contributed by atoms with Gasteiger partial charge in [-0.05, 0) is 18.1 Å². The SMILES string of the molecule is CC(C)[C@@H](Oc1ccccc1C#N)C(=O)N1CCNC(=O)C1. The van der Waals surface area contributed by atoms with Crippen LogP contribution in [-0.2, 0) is 9.59 Å². The standard InChI is InChI=1S/C16H19N3O3/c1-11(2)15(16(21)19-8-7-18-14(20)10-19)22-13-6-4-3-5-12(13)9-17/h3-6,11,15H,7-8,10H2,1-2H3,(H,18,20)/t15-/m1/s1.